The molecule has 0 bridgehead atoms. The predicted octanol–water partition coefficient (Wildman–Crippen LogP) is 1.21. The Hall–Kier alpha value is -0.570. The number of aliphatic hydroxyl groups excluding tert-OH is 1. The van der Waals surface area contributed by atoms with Gasteiger partial charge in [-0.15, -0.1) is 0 Å². The second-order valence-electron chi connectivity index (χ2n) is 3.96. The molecule has 0 aliphatic heterocycles. The Bertz CT molecular complexity index is 162. The second-order valence-corrected chi connectivity index (χ2v) is 3.96. The van der Waals surface area contributed by atoms with E-state index in [1.165, 1.54) is 19.3 Å². The smallest absolute Gasteiger partial charge is 0.222 e. The zero-order valence-electron chi connectivity index (χ0n) is 8.25. The number of hydrogen-bond donors (Lipinski definition) is 2. The zero-order valence-corrected chi connectivity index (χ0v) is 8.25. The van der Waals surface area contributed by atoms with Gasteiger partial charge >= 0.3 is 0 Å². The van der Waals surface area contributed by atoms with Gasteiger partial charge in [0.25, 0.3) is 0 Å². The first-order valence-electron chi connectivity index (χ1n) is 5.16. The maximum absolute atomic E-state index is 11.3. The largest absolute Gasteiger partial charge is 0.393 e. The van der Waals surface area contributed by atoms with Crippen LogP contribution in [0.15, 0.2) is 0 Å². The van der Waals surface area contributed by atoms with Gasteiger partial charge in [0.2, 0.25) is 5.91 Å². The summed E-state index contributed by atoms with van der Waals surface area (Å²) < 4.78 is 0. The molecule has 1 aliphatic rings. The lowest BCUT2D eigenvalue weighted by Crippen LogP contribution is -2.37. The Morgan fingerprint density at radius 1 is 1.46 bits per heavy atom. The van der Waals surface area contributed by atoms with E-state index in [9.17, 15) is 4.79 Å². The Balaban J connectivity index is 2.18. The number of carbonyl (C=O) groups is 1. The normalized spacial score (nSPS) is 21.1. The minimum atomic E-state index is -0.524. The van der Waals surface area contributed by atoms with Crippen molar-refractivity contribution >= 4 is 5.91 Å². The summed E-state index contributed by atoms with van der Waals surface area (Å²) in [4.78, 5) is 11.3. The first kappa shape index (κ1) is 10.5. The molecule has 0 radical (unpaired) electrons. The topological polar surface area (TPSA) is 49.3 Å². The average molecular weight is 185 g/mol. The van der Waals surface area contributed by atoms with Gasteiger partial charge in [-0.2, -0.15) is 0 Å². The maximum atomic E-state index is 11.3. The molecule has 1 saturated carbocycles. The Kier molecular flexibility index (Phi) is 4.22. The van der Waals surface area contributed by atoms with Crippen molar-refractivity contribution in [3.8, 4) is 0 Å². The molecule has 0 aromatic heterocycles. The molecule has 3 nitrogen and oxygen atoms in total. The molecule has 1 rings (SSSR count). The summed E-state index contributed by atoms with van der Waals surface area (Å²) in [6, 6.07) is 0.361. The third-order valence-electron chi connectivity index (χ3n) is 2.45. The molecule has 1 fully saturated rings. The fraction of sp³-hybridized carbons (Fsp3) is 0.900. The van der Waals surface area contributed by atoms with Crippen LogP contribution in [0.4, 0.5) is 0 Å². The third-order valence-corrected chi connectivity index (χ3v) is 2.45. The standard InChI is InChI=1S/C10H19NO2/c1-8(12)7-10(13)11-9-5-3-2-4-6-9/h8-9,12H,2-7H2,1H3,(H,11,13)/t8-/m1/s1. The minimum Gasteiger partial charge on any atom is -0.393 e. The molecule has 0 saturated heterocycles. The molecule has 0 heterocycles. The molecular formula is C10H19NO2. The van der Waals surface area contributed by atoms with Crippen molar-refractivity contribution in [1.29, 1.82) is 0 Å². The molecule has 2 N–H and O–H groups in total. The summed E-state index contributed by atoms with van der Waals surface area (Å²) in [6.07, 6.45) is 5.65. The highest BCUT2D eigenvalue weighted by Crippen LogP contribution is 2.17. The number of hydrogen-bond acceptors (Lipinski definition) is 2. The molecule has 13 heavy (non-hydrogen) atoms. The lowest BCUT2D eigenvalue weighted by Gasteiger charge is -2.22. The van der Waals surface area contributed by atoms with E-state index in [2.05, 4.69) is 5.32 Å². The molecule has 76 valence electrons. The van der Waals surface area contributed by atoms with E-state index in [4.69, 9.17) is 5.11 Å². The van der Waals surface area contributed by atoms with Crippen molar-refractivity contribution in [1.82, 2.24) is 5.32 Å². The van der Waals surface area contributed by atoms with Gasteiger partial charge in [0, 0.05) is 6.04 Å². The van der Waals surface area contributed by atoms with E-state index in [0.29, 0.717) is 6.04 Å². The van der Waals surface area contributed by atoms with Gasteiger partial charge in [0.1, 0.15) is 0 Å². The molecule has 1 amide bonds. The number of rotatable bonds is 3. The van der Waals surface area contributed by atoms with E-state index < -0.39 is 6.10 Å². The lowest BCUT2D eigenvalue weighted by molar-refractivity contribution is -0.123. The maximum Gasteiger partial charge on any atom is 0.222 e. The van der Waals surface area contributed by atoms with Crippen LogP contribution in [0.3, 0.4) is 0 Å². The van der Waals surface area contributed by atoms with Crippen LogP contribution in [0.1, 0.15) is 45.4 Å². The van der Waals surface area contributed by atoms with Crippen molar-refractivity contribution < 1.29 is 9.90 Å². The van der Waals surface area contributed by atoms with Gasteiger partial charge in [-0.3, -0.25) is 4.79 Å². The first-order chi connectivity index (χ1) is 6.18. The van der Waals surface area contributed by atoms with Gasteiger partial charge in [-0.1, -0.05) is 19.3 Å². The summed E-state index contributed by atoms with van der Waals surface area (Å²) in [5.74, 6) is -0.0121. The molecule has 1 aliphatic carbocycles. The Morgan fingerprint density at radius 3 is 2.62 bits per heavy atom. The quantitative estimate of drug-likeness (QED) is 0.694. The number of carbonyl (C=O) groups excluding carboxylic acids is 1. The van der Waals surface area contributed by atoms with Crippen molar-refractivity contribution in [2.45, 2.75) is 57.6 Å². The monoisotopic (exact) mass is 185 g/mol. The lowest BCUT2D eigenvalue weighted by atomic mass is 9.95. The molecule has 1 atom stereocenters. The SMILES string of the molecule is C[C@@H](O)CC(=O)NC1CCCCC1. The van der Waals surface area contributed by atoms with E-state index in [0.717, 1.165) is 12.8 Å². The van der Waals surface area contributed by atoms with Gasteiger partial charge in [0.05, 0.1) is 12.5 Å². The fourth-order valence-corrected chi connectivity index (χ4v) is 1.80. The molecule has 0 unspecified atom stereocenters. The van der Waals surface area contributed by atoms with Crippen LogP contribution < -0.4 is 5.32 Å². The van der Waals surface area contributed by atoms with Crippen LogP contribution in [-0.4, -0.2) is 23.2 Å². The Labute approximate surface area is 79.5 Å². The van der Waals surface area contributed by atoms with E-state index >= 15 is 0 Å². The summed E-state index contributed by atoms with van der Waals surface area (Å²) in [5.41, 5.74) is 0. The van der Waals surface area contributed by atoms with Crippen molar-refractivity contribution in [2.24, 2.45) is 0 Å². The number of nitrogens with one attached hydrogen (secondary N) is 1. The molecule has 0 aromatic carbocycles. The predicted molar refractivity (Wildman–Crippen MR) is 51.3 cm³/mol. The highest BCUT2D eigenvalue weighted by Gasteiger charge is 2.16. The minimum absolute atomic E-state index is 0.0121. The molecule has 0 aromatic rings. The number of aliphatic hydroxyl groups is 1. The number of amides is 1. The summed E-state index contributed by atoms with van der Waals surface area (Å²) in [5, 5.41) is 11.9. The van der Waals surface area contributed by atoms with Gasteiger partial charge in [-0.05, 0) is 19.8 Å². The van der Waals surface area contributed by atoms with Crippen molar-refractivity contribution in [3.63, 3.8) is 0 Å². The average Bonchev–Trinajstić information content (AvgIpc) is 2.04. The van der Waals surface area contributed by atoms with Crippen LogP contribution in [0.25, 0.3) is 0 Å². The second kappa shape index (κ2) is 5.22. The highest BCUT2D eigenvalue weighted by atomic mass is 16.3. The summed E-state index contributed by atoms with van der Waals surface area (Å²) >= 11 is 0. The van der Waals surface area contributed by atoms with E-state index in [1.807, 2.05) is 0 Å². The van der Waals surface area contributed by atoms with Crippen LogP contribution in [0.2, 0.25) is 0 Å². The summed E-state index contributed by atoms with van der Waals surface area (Å²) in [7, 11) is 0. The third kappa shape index (κ3) is 4.27. The van der Waals surface area contributed by atoms with Gasteiger partial charge in [-0.25, -0.2) is 0 Å². The zero-order chi connectivity index (χ0) is 9.68. The van der Waals surface area contributed by atoms with Crippen molar-refractivity contribution in [3.05, 3.63) is 0 Å². The van der Waals surface area contributed by atoms with Crippen LogP contribution in [0, 0.1) is 0 Å². The van der Waals surface area contributed by atoms with Crippen molar-refractivity contribution in [2.75, 3.05) is 0 Å². The first-order valence-corrected chi connectivity index (χ1v) is 5.16. The fourth-order valence-electron chi connectivity index (χ4n) is 1.80. The molecule has 3 heteroatoms. The molecular weight excluding hydrogens is 166 g/mol. The molecule has 0 spiro atoms. The van der Waals surface area contributed by atoms with Crippen LogP contribution >= 0.6 is 0 Å². The van der Waals surface area contributed by atoms with Crippen LogP contribution in [0.5, 0.6) is 0 Å². The van der Waals surface area contributed by atoms with Gasteiger partial charge in [0.15, 0.2) is 0 Å². The Morgan fingerprint density at radius 2 is 2.08 bits per heavy atom. The highest BCUT2D eigenvalue weighted by molar-refractivity contribution is 5.76. The van der Waals surface area contributed by atoms with E-state index in [1.54, 1.807) is 6.92 Å². The summed E-state index contributed by atoms with van der Waals surface area (Å²) in [6.45, 7) is 1.64. The van der Waals surface area contributed by atoms with E-state index in [-0.39, 0.29) is 12.3 Å². The van der Waals surface area contributed by atoms with Gasteiger partial charge < -0.3 is 10.4 Å². The van der Waals surface area contributed by atoms with Crippen LogP contribution in [-0.2, 0) is 4.79 Å².